The maximum atomic E-state index is 4.97. The molecule has 0 radical (unpaired) electrons. The summed E-state index contributed by atoms with van der Waals surface area (Å²) in [5.74, 6) is 0. The zero-order valence-corrected chi connectivity index (χ0v) is 14.6. The van der Waals surface area contributed by atoms with Crippen molar-refractivity contribution in [3.63, 3.8) is 0 Å². The summed E-state index contributed by atoms with van der Waals surface area (Å²) in [6.07, 6.45) is 3.59. The fourth-order valence-electron chi connectivity index (χ4n) is 3.49. The Morgan fingerprint density at radius 2 is 1.33 bits per heavy atom. The van der Waals surface area contributed by atoms with Crippen LogP contribution in [0.3, 0.4) is 0 Å². The number of rotatable bonds is 3. The third-order valence-electron chi connectivity index (χ3n) is 4.75. The molecule has 0 aliphatic rings. The van der Waals surface area contributed by atoms with E-state index in [2.05, 4.69) is 70.6 Å². The van der Waals surface area contributed by atoms with Crippen LogP contribution in [-0.2, 0) is 0 Å². The first-order valence-electron chi connectivity index (χ1n) is 8.94. The number of hydrogen-bond acceptors (Lipinski definition) is 2. The number of aromatic amines is 1. The normalized spacial score (nSPS) is 11.0. The van der Waals surface area contributed by atoms with Crippen LogP contribution in [0, 0.1) is 0 Å². The van der Waals surface area contributed by atoms with Crippen LogP contribution in [0.5, 0.6) is 0 Å². The Hall–Kier alpha value is -3.72. The highest BCUT2D eigenvalue weighted by atomic mass is 14.8. The first kappa shape index (κ1) is 15.5. The molecule has 3 heteroatoms. The van der Waals surface area contributed by atoms with Crippen LogP contribution >= 0.6 is 0 Å². The molecule has 3 nitrogen and oxygen atoms in total. The van der Waals surface area contributed by atoms with Gasteiger partial charge in [-0.15, -0.1) is 0 Å². The molecule has 3 aromatic heterocycles. The molecule has 1 N–H and O–H groups in total. The second-order valence-electron chi connectivity index (χ2n) is 6.43. The number of aromatic nitrogens is 3. The van der Waals surface area contributed by atoms with Crippen LogP contribution in [0.2, 0.25) is 0 Å². The van der Waals surface area contributed by atoms with Crippen LogP contribution in [0.1, 0.15) is 0 Å². The van der Waals surface area contributed by atoms with Gasteiger partial charge >= 0.3 is 0 Å². The number of H-pyrrole nitrogens is 1. The molecule has 0 amide bonds. The predicted octanol–water partition coefficient (Wildman–Crippen LogP) is 5.96. The maximum absolute atomic E-state index is 4.97. The highest BCUT2D eigenvalue weighted by Crippen LogP contribution is 2.37. The molecule has 0 spiro atoms. The standard InChI is InChI=1S/C24H17N3/c1-2-7-18(8-3-1)24-23(19-9-4-5-10-21(19)27-24)22-12-6-11-20(26-22)17-13-15-25-16-14-17/h1-16,27H. The minimum atomic E-state index is 0.944. The van der Waals surface area contributed by atoms with Gasteiger partial charge in [0.25, 0.3) is 0 Å². The minimum Gasteiger partial charge on any atom is -0.354 e. The van der Waals surface area contributed by atoms with Crippen LogP contribution in [0.4, 0.5) is 0 Å². The van der Waals surface area contributed by atoms with Gasteiger partial charge in [-0.05, 0) is 35.9 Å². The van der Waals surface area contributed by atoms with E-state index in [1.54, 1.807) is 12.4 Å². The fraction of sp³-hybridized carbons (Fsp3) is 0. The van der Waals surface area contributed by atoms with Crippen molar-refractivity contribution in [1.29, 1.82) is 0 Å². The maximum Gasteiger partial charge on any atom is 0.0737 e. The summed E-state index contributed by atoms with van der Waals surface area (Å²) in [7, 11) is 0. The highest BCUT2D eigenvalue weighted by molar-refractivity contribution is 6.03. The number of fused-ring (bicyclic) bond motifs is 1. The van der Waals surface area contributed by atoms with E-state index in [4.69, 9.17) is 4.98 Å². The second-order valence-corrected chi connectivity index (χ2v) is 6.43. The molecule has 0 bridgehead atoms. The van der Waals surface area contributed by atoms with Gasteiger partial charge in [-0.3, -0.25) is 4.98 Å². The van der Waals surface area contributed by atoms with Gasteiger partial charge < -0.3 is 4.98 Å². The van der Waals surface area contributed by atoms with Crippen molar-refractivity contribution >= 4 is 10.9 Å². The van der Waals surface area contributed by atoms with E-state index in [1.165, 1.54) is 5.39 Å². The minimum absolute atomic E-state index is 0.944. The Balaban J connectivity index is 1.76. The zero-order chi connectivity index (χ0) is 18.1. The molecule has 0 fully saturated rings. The molecule has 0 aliphatic carbocycles. The first-order chi connectivity index (χ1) is 13.4. The molecular weight excluding hydrogens is 330 g/mol. The molecule has 0 saturated carbocycles. The van der Waals surface area contributed by atoms with Gasteiger partial charge in [0.2, 0.25) is 0 Å². The quantitative estimate of drug-likeness (QED) is 0.437. The second kappa shape index (κ2) is 6.54. The molecule has 5 rings (SSSR count). The fourth-order valence-corrected chi connectivity index (χ4v) is 3.49. The lowest BCUT2D eigenvalue weighted by atomic mass is 10.0. The molecule has 0 unspecified atom stereocenters. The number of pyridine rings is 2. The third kappa shape index (κ3) is 2.79. The largest absolute Gasteiger partial charge is 0.354 e. The van der Waals surface area contributed by atoms with Crippen molar-refractivity contribution in [3.05, 3.63) is 97.3 Å². The van der Waals surface area contributed by atoms with E-state index >= 15 is 0 Å². The van der Waals surface area contributed by atoms with Crippen LogP contribution in [0.25, 0.3) is 44.7 Å². The average molecular weight is 347 g/mol. The molecule has 5 aromatic rings. The molecule has 0 atom stereocenters. The lowest BCUT2D eigenvalue weighted by Crippen LogP contribution is -1.89. The lowest BCUT2D eigenvalue weighted by molar-refractivity contribution is 1.29. The average Bonchev–Trinajstić information content (AvgIpc) is 3.15. The van der Waals surface area contributed by atoms with E-state index in [1.807, 2.05) is 24.3 Å². The number of nitrogens with one attached hydrogen (secondary N) is 1. The third-order valence-corrected chi connectivity index (χ3v) is 4.75. The Morgan fingerprint density at radius 1 is 0.593 bits per heavy atom. The Morgan fingerprint density at radius 3 is 2.19 bits per heavy atom. The summed E-state index contributed by atoms with van der Waals surface area (Å²) in [4.78, 5) is 12.7. The van der Waals surface area contributed by atoms with E-state index in [0.29, 0.717) is 0 Å². The van der Waals surface area contributed by atoms with Gasteiger partial charge in [0, 0.05) is 34.4 Å². The summed E-state index contributed by atoms with van der Waals surface area (Å²) in [5.41, 5.74) is 7.46. The zero-order valence-electron chi connectivity index (χ0n) is 14.6. The van der Waals surface area contributed by atoms with E-state index < -0.39 is 0 Å². The van der Waals surface area contributed by atoms with Gasteiger partial charge in [0.1, 0.15) is 0 Å². The monoisotopic (exact) mass is 347 g/mol. The van der Waals surface area contributed by atoms with Crippen molar-refractivity contribution in [1.82, 2.24) is 15.0 Å². The Bertz CT molecular complexity index is 1210. The van der Waals surface area contributed by atoms with Crippen molar-refractivity contribution in [2.45, 2.75) is 0 Å². The molecule has 27 heavy (non-hydrogen) atoms. The van der Waals surface area contributed by atoms with Crippen molar-refractivity contribution in [3.8, 4) is 33.8 Å². The van der Waals surface area contributed by atoms with E-state index in [-0.39, 0.29) is 0 Å². The number of benzene rings is 2. The van der Waals surface area contributed by atoms with Gasteiger partial charge in [-0.2, -0.15) is 0 Å². The van der Waals surface area contributed by atoms with Crippen molar-refractivity contribution in [2.75, 3.05) is 0 Å². The molecule has 0 saturated heterocycles. The summed E-state index contributed by atoms with van der Waals surface area (Å²) >= 11 is 0. The van der Waals surface area contributed by atoms with Gasteiger partial charge in [-0.25, -0.2) is 4.98 Å². The SMILES string of the molecule is c1ccc(-c2[nH]c3ccccc3c2-c2cccc(-c3ccncc3)n2)cc1. The molecular formula is C24H17N3. The van der Waals surface area contributed by atoms with Crippen molar-refractivity contribution in [2.24, 2.45) is 0 Å². The lowest BCUT2D eigenvalue weighted by Gasteiger charge is -2.07. The van der Waals surface area contributed by atoms with Crippen LogP contribution in [0.15, 0.2) is 97.3 Å². The van der Waals surface area contributed by atoms with Gasteiger partial charge in [-0.1, -0.05) is 54.6 Å². The first-order valence-corrected chi connectivity index (χ1v) is 8.94. The number of para-hydroxylation sites is 1. The molecule has 128 valence electrons. The smallest absolute Gasteiger partial charge is 0.0737 e. The highest BCUT2D eigenvalue weighted by Gasteiger charge is 2.16. The predicted molar refractivity (Wildman–Crippen MR) is 110 cm³/mol. The summed E-state index contributed by atoms with van der Waals surface area (Å²) in [6, 6.07) is 28.9. The van der Waals surface area contributed by atoms with Crippen molar-refractivity contribution < 1.29 is 0 Å². The summed E-state index contributed by atoms with van der Waals surface area (Å²) in [5, 5.41) is 1.18. The van der Waals surface area contributed by atoms with E-state index in [9.17, 15) is 0 Å². The summed E-state index contributed by atoms with van der Waals surface area (Å²) < 4.78 is 0. The number of hydrogen-bond donors (Lipinski definition) is 1. The van der Waals surface area contributed by atoms with Gasteiger partial charge in [0.15, 0.2) is 0 Å². The molecule has 2 aromatic carbocycles. The molecule has 3 heterocycles. The summed E-state index contributed by atoms with van der Waals surface area (Å²) in [6.45, 7) is 0. The van der Waals surface area contributed by atoms with E-state index in [0.717, 1.165) is 39.3 Å². The number of nitrogens with zero attached hydrogens (tertiary/aromatic N) is 2. The molecule has 0 aliphatic heterocycles. The Labute approximate surface area is 157 Å². The Kier molecular flexibility index (Phi) is 3.76. The van der Waals surface area contributed by atoms with Gasteiger partial charge in [0.05, 0.1) is 17.1 Å². The van der Waals surface area contributed by atoms with Crippen LogP contribution in [-0.4, -0.2) is 15.0 Å². The topological polar surface area (TPSA) is 41.6 Å². The van der Waals surface area contributed by atoms with Crippen LogP contribution < -0.4 is 0 Å².